The molecule has 2 aromatic rings. The van der Waals surface area contributed by atoms with Gasteiger partial charge in [-0.3, -0.25) is 0 Å². The molecule has 0 unspecified atom stereocenters. The minimum absolute atomic E-state index is 0.293. The predicted molar refractivity (Wildman–Crippen MR) is 108 cm³/mol. The Morgan fingerprint density at radius 3 is 2.41 bits per heavy atom. The van der Waals surface area contributed by atoms with Crippen LogP contribution >= 0.6 is 11.8 Å². The van der Waals surface area contributed by atoms with Crippen molar-refractivity contribution in [1.29, 1.82) is 0 Å². The largest absolute Gasteiger partial charge is 0.493 e. The second-order valence-corrected chi connectivity index (χ2v) is 9.54. The van der Waals surface area contributed by atoms with E-state index in [1.807, 2.05) is 0 Å². The van der Waals surface area contributed by atoms with E-state index in [0.29, 0.717) is 43.6 Å². The normalized spacial score (nSPS) is 15.6. The fourth-order valence-electron chi connectivity index (χ4n) is 2.77. The minimum atomic E-state index is -3.45. The fraction of sp³-hybridized carbons (Fsp3) is 0.400. The van der Waals surface area contributed by atoms with Gasteiger partial charge in [0.15, 0.2) is 0 Å². The monoisotopic (exact) mass is 407 g/mol. The minimum Gasteiger partial charge on any atom is -0.493 e. The summed E-state index contributed by atoms with van der Waals surface area (Å²) in [5, 5.41) is 0. The first kappa shape index (κ1) is 20.2. The van der Waals surface area contributed by atoms with Gasteiger partial charge in [0.2, 0.25) is 10.0 Å². The van der Waals surface area contributed by atoms with E-state index in [1.165, 1.54) is 20.3 Å². The third kappa shape index (κ3) is 5.25. The van der Waals surface area contributed by atoms with Gasteiger partial charge in [-0.25, -0.2) is 8.42 Å². The molecule has 0 aliphatic carbocycles. The van der Waals surface area contributed by atoms with Crippen LogP contribution in [0, 0.1) is 13.8 Å². The smallest absolute Gasteiger partial charge is 0.243 e. The summed E-state index contributed by atoms with van der Waals surface area (Å²) >= 11 is 1.75. The lowest BCUT2D eigenvalue weighted by atomic mass is 10.1. The molecule has 0 radical (unpaired) electrons. The molecule has 3 rings (SSSR count). The van der Waals surface area contributed by atoms with Crippen LogP contribution in [-0.4, -0.2) is 51.4 Å². The lowest BCUT2D eigenvalue weighted by Crippen LogP contribution is -2.40. The van der Waals surface area contributed by atoms with Crippen molar-refractivity contribution in [2.75, 3.05) is 38.7 Å². The Bertz CT molecular complexity index is 860. The van der Waals surface area contributed by atoms with E-state index in [-0.39, 0.29) is 0 Å². The molecule has 0 atom stereocenters. The molecule has 0 bridgehead atoms. The quantitative estimate of drug-likeness (QED) is 0.519. The van der Waals surface area contributed by atoms with Crippen molar-refractivity contribution in [2.24, 2.45) is 0 Å². The Balaban J connectivity index is 1.51. The van der Waals surface area contributed by atoms with E-state index in [0.717, 1.165) is 5.75 Å². The van der Waals surface area contributed by atoms with Crippen LogP contribution in [0.2, 0.25) is 0 Å². The van der Waals surface area contributed by atoms with E-state index < -0.39 is 10.0 Å². The number of hydrogen-bond donors (Lipinski definition) is 0. The predicted octanol–water partition coefficient (Wildman–Crippen LogP) is 3.50. The van der Waals surface area contributed by atoms with Crippen LogP contribution in [0.4, 0.5) is 0 Å². The average Bonchev–Trinajstić information content (AvgIpc) is 2.69. The lowest BCUT2D eigenvalue weighted by Gasteiger charge is -2.26. The Morgan fingerprint density at radius 1 is 1.04 bits per heavy atom. The van der Waals surface area contributed by atoms with E-state index >= 15 is 0 Å². The summed E-state index contributed by atoms with van der Waals surface area (Å²) in [6.45, 7) is 6.47. The van der Waals surface area contributed by atoms with Gasteiger partial charge in [-0.05, 0) is 61.4 Å². The van der Waals surface area contributed by atoms with Crippen LogP contribution in [0.5, 0.6) is 5.75 Å². The van der Waals surface area contributed by atoms with Crippen LogP contribution in [-0.2, 0) is 14.8 Å². The van der Waals surface area contributed by atoms with Crippen molar-refractivity contribution in [3.05, 3.63) is 53.6 Å². The zero-order valence-corrected chi connectivity index (χ0v) is 17.3. The van der Waals surface area contributed by atoms with Crippen molar-refractivity contribution >= 4 is 21.8 Å². The summed E-state index contributed by atoms with van der Waals surface area (Å²) in [6, 6.07) is 13.1. The second kappa shape index (κ2) is 9.10. The van der Waals surface area contributed by atoms with E-state index in [1.54, 1.807) is 36.0 Å². The zero-order chi connectivity index (χ0) is 19.3. The van der Waals surface area contributed by atoms with Gasteiger partial charge in [-0.1, -0.05) is 6.07 Å². The highest BCUT2D eigenvalue weighted by molar-refractivity contribution is 7.99. The highest BCUT2D eigenvalue weighted by atomic mass is 32.2. The van der Waals surface area contributed by atoms with E-state index in [9.17, 15) is 8.42 Å². The third-order valence-corrected chi connectivity index (χ3v) is 7.40. The van der Waals surface area contributed by atoms with Crippen molar-refractivity contribution in [3.63, 3.8) is 0 Å². The maximum absolute atomic E-state index is 12.6. The fourth-order valence-corrected chi connectivity index (χ4v) is 5.00. The van der Waals surface area contributed by atoms with Crippen molar-refractivity contribution in [2.45, 2.75) is 23.6 Å². The van der Waals surface area contributed by atoms with Gasteiger partial charge in [0.05, 0.1) is 24.7 Å². The van der Waals surface area contributed by atoms with Gasteiger partial charge < -0.3 is 9.47 Å². The van der Waals surface area contributed by atoms with Crippen molar-refractivity contribution < 1.29 is 17.9 Å². The highest BCUT2D eigenvalue weighted by Gasteiger charge is 2.26. The Morgan fingerprint density at radius 2 is 1.74 bits per heavy atom. The first-order valence-corrected chi connectivity index (χ1v) is 11.4. The Kier molecular flexibility index (Phi) is 6.81. The van der Waals surface area contributed by atoms with Crippen molar-refractivity contribution in [3.8, 4) is 5.75 Å². The number of thioether (sulfide) groups is 1. The number of sulfonamides is 1. The summed E-state index contributed by atoms with van der Waals surface area (Å²) in [5.41, 5.74) is 2.58. The SMILES string of the molecule is Cc1ccc(SCCOc2ccc(S(=O)(=O)N3CCOCC3)cc2)cc1C. The molecule has 7 heteroatoms. The molecule has 1 aliphatic rings. The van der Waals surface area contributed by atoms with Gasteiger partial charge in [0.1, 0.15) is 5.75 Å². The van der Waals surface area contributed by atoms with E-state index in [4.69, 9.17) is 9.47 Å². The number of rotatable bonds is 7. The maximum atomic E-state index is 12.6. The third-order valence-electron chi connectivity index (χ3n) is 4.53. The molecule has 1 aliphatic heterocycles. The molecule has 0 saturated carbocycles. The average molecular weight is 408 g/mol. The molecule has 0 spiro atoms. The molecule has 5 nitrogen and oxygen atoms in total. The maximum Gasteiger partial charge on any atom is 0.243 e. The van der Waals surface area contributed by atoms with Gasteiger partial charge in [-0.15, -0.1) is 11.8 Å². The van der Waals surface area contributed by atoms with Crippen LogP contribution < -0.4 is 4.74 Å². The second-order valence-electron chi connectivity index (χ2n) is 6.43. The van der Waals surface area contributed by atoms with Gasteiger partial charge in [0.25, 0.3) is 0 Å². The molecule has 2 aromatic carbocycles. The van der Waals surface area contributed by atoms with Crippen LogP contribution in [0.3, 0.4) is 0 Å². The van der Waals surface area contributed by atoms with Gasteiger partial charge >= 0.3 is 0 Å². The molecular weight excluding hydrogens is 382 g/mol. The Labute approximate surface area is 165 Å². The van der Waals surface area contributed by atoms with Crippen LogP contribution in [0.1, 0.15) is 11.1 Å². The van der Waals surface area contributed by atoms with Crippen LogP contribution in [0.25, 0.3) is 0 Å². The molecule has 1 heterocycles. The number of aryl methyl sites for hydroxylation is 2. The molecule has 0 N–H and O–H groups in total. The number of hydrogen-bond acceptors (Lipinski definition) is 5. The standard InChI is InChI=1S/C20H25NO4S2/c1-16-3-6-19(15-17(16)2)26-14-13-25-18-4-7-20(8-5-18)27(22,23)21-9-11-24-12-10-21/h3-8,15H,9-14H2,1-2H3. The van der Waals surface area contributed by atoms with Gasteiger partial charge in [-0.2, -0.15) is 4.31 Å². The van der Waals surface area contributed by atoms with Crippen LogP contribution in [0.15, 0.2) is 52.3 Å². The van der Waals surface area contributed by atoms with E-state index in [2.05, 4.69) is 32.0 Å². The number of morpholine rings is 1. The molecule has 146 valence electrons. The lowest BCUT2D eigenvalue weighted by molar-refractivity contribution is 0.0730. The molecular formula is C20H25NO4S2. The molecule has 1 saturated heterocycles. The first-order chi connectivity index (χ1) is 13.0. The topological polar surface area (TPSA) is 55.8 Å². The number of benzene rings is 2. The summed E-state index contributed by atoms with van der Waals surface area (Å²) in [4.78, 5) is 1.52. The molecule has 27 heavy (non-hydrogen) atoms. The number of nitrogens with zero attached hydrogens (tertiary/aromatic N) is 1. The Hall–Kier alpha value is -1.54. The summed E-state index contributed by atoms with van der Waals surface area (Å²) in [7, 11) is -3.45. The highest BCUT2D eigenvalue weighted by Crippen LogP contribution is 2.23. The summed E-state index contributed by atoms with van der Waals surface area (Å²) in [6.07, 6.45) is 0. The number of ether oxygens (including phenoxy) is 2. The first-order valence-electron chi connectivity index (χ1n) is 8.97. The molecule has 0 amide bonds. The molecule has 0 aromatic heterocycles. The summed E-state index contributed by atoms with van der Waals surface area (Å²) in [5.74, 6) is 1.51. The molecule has 1 fully saturated rings. The summed E-state index contributed by atoms with van der Waals surface area (Å²) < 4.78 is 37.6. The van der Waals surface area contributed by atoms with Crippen molar-refractivity contribution in [1.82, 2.24) is 4.31 Å². The zero-order valence-electron chi connectivity index (χ0n) is 15.7. The van der Waals surface area contributed by atoms with Gasteiger partial charge in [0, 0.05) is 23.7 Å².